The lowest BCUT2D eigenvalue weighted by molar-refractivity contribution is 0.0975. The van der Waals surface area contributed by atoms with E-state index in [1.54, 1.807) is 29.8 Å². The minimum Gasteiger partial charge on any atom is -0.360 e. The minimum atomic E-state index is -3.13. The standard InChI is InChI=1S/C22H20ClFN4O3S/c1-13-19(20(23)28(26-13)16-10-11-32(30,31)12-16)21-25-18-5-3-2-4-17(18)22(29)27(21)15-8-6-14(24)7-9-15/h2-9,16,21,25H,10-12H2,1H3/t16-,21+/m1/s1. The predicted octanol–water partition coefficient (Wildman–Crippen LogP) is 4.11. The number of nitrogens with zero attached hydrogens (tertiary/aromatic N) is 3. The predicted molar refractivity (Wildman–Crippen MR) is 120 cm³/mol. The number of hydrogen-bond donors (Lipinski definition) is 1. The number of nitrogens with one attached hydrogen (secondary N) is 1. The van der Waals surface area contributed by atoms with Crippen molar-refractivity contribution in [3.8, 4) is 0 Å². The molecule has 0 saturated carbocycles. The molecule has 1 saturated heterocycles. The third-order valence-electron chi connectivity index (χ3n) is 5.93. The van der Waals surface area contributed by atoms with E-state index in [9.17, 15) is 17.6 Å². The van der Waals surface area contributed by atoms with Gasteiger partial charge in [0.1, 0.15) is 17.1 Å². The van der Waals surface area contributed by atoms with E-state index in [1.165, 1.54) is 29.2 Å². The summed E-state index contributed by atoms with van der Waals surface area (Å²) in [6.45, 7) is 1.77. The van der Waals surface area contributed by atoms with Gasteiger partial charge in [-0.3, -0.25) is 9.69 Å². The Kier molecular flexibility index (Phi) is 4.98. The number of amides is 1. The van der Waals surface area contributed by atoms with Crippen LogP contribution in [-0.4, -0.2) is 35.6 Å². The Hall–Kier alpha value is -2.91. The Balaban J connectivity index is 1.64. The van der Waals surface area contributed by atoms with Gasteiger partial charge < -0.3 is 5.32 Å². The molecule has 10 heteroatoms. The molecular formula is C22H20ClFN4O3S. The zero-order chi connectivity index (χ0) is 22.6. The van der Waals surface area contributed by atoms with E-state index in [1.807, 2.05) is 6.07 Å². The monoisotopic (exact) mass is 474 g/mol. The molecule has 0 bridgehead atoms. The van der Waals surface area contributed by atoms with Crippen molar-refractivity contribution in [2.24, 2.45) is 0 Å². The molecule has 1 fully saturated rings. The summed E-state index contributed by atoms with van der Waals surface area (Å²) in [5.74, 6) is -0.595. The van der Waals surface area contributed by atoms with E-state index in [0.717, 1.165) is 0 Å². The van der Waals surface area contributed by atoms with Crippen molar-refractivity contribution in [2.45, 2.75) is 25.6 Å². The molecule has 2 atom stereocenters. The second-order valence-corrected chi connectivity index (χ2v) is 10.6. The highest BCUT2D eigenvalue weighted by Crippen LogP contribution is 2.41. The molecule has 7 nitrogen and oxygen atoms in total. The molecule has 1 amide bonds. The first-order valence-corrected chi connectivity index (χ1v) is 12.3. The van der Waals surface area contributed by atoms with Crippen molar-refractivity contribution in [3.63, 3.8) is 0 Å². The van der Waals surface area contributed by atoms with Crippen molar-refractivity contribution < 1.29 is 17.6 Å². The molecule has 2 aromatic carbocycles. The molecule has 0 aliphatic carbocycles. The van der Waals surface area contributed by atoms with Crippen molar-refractivity contribution in [1.29, 1.82) is 0 Å². The van der Waals surface area contributed by atoms with Crippen LogP contribution in [-0.2, 0) is 9.84 Å². The second kappa shape index (κ2) is 7.60. The number of carbonyl (C=O) groups excluding carboxylic acids is 1. The molecule has 2 aliphatic rings. The Morgan fingerprint density at radius 3 is 2.56 bits per heavy atom. The fourth-order valence-electron chi connectivity index (χ4n) is 4.38. The third kappa shape index (κ3) is 3.45. The van der Waals surface area contributed by atoms with E-state index in [4.69, 9.17) is 11.6 Å². The van der Waals surface area contributed by atoms with Gasteiger partial charge in [0.2, 0.25) is 0 Å². The summed E-state index contributed by atoms with van der Waals surface area (Å²) in [4.78, 5) is 15.0. The smallest absolute Gasteiger partial charge is 0.262 e. The fraction of sp³-hybridized carbons (Fsp3) is 0.273. The summed E-state index contributed by atoms with van der Waals surface area (Å²) < 4.78 is 39.1. The van der Waals surface area contributed by atoms with Gasteiger partial charge in [-0.05, 0) is 49.7 Å². The molecular weight excluding hydrogens is 455 g/mol. The van der Waals surface area contributed by atoms with Crippen molar-refractivity contribution in [1.82, 2.24) is 9.78 Å². The number of aromatic nitrogens is 2. The van der Waals surface area contributed by atoms with Crippen molar-refractivity contribution in [3.05, 3.63) is 76.3 Å². The van der Waals surface area contributed by atoms with E-state index in [0.29, 0.717) is 34.6 Å². The van der Waals surface area contributed by atoms with Crippen LogP contribution < -0.4 is 10.2 Å². The van der Waals surface area contributed by atoms with Crippen LogP contribution in [0.2, 0.25) is 5.15 Å². The highest BCUT2D eigenvalue weighted by molar-refractivity contribution is 7.91. The molecule has 0 radical (unpaired) electrons. The number of hydrogen-bond acceptors (Lipinski definition) is 5. The van der Waals surface area contributed by atoms with Gasteiger partial charge in [-0.1, -0.05) is 23.7 Å². The van der Waals surface area contributed by atoms with Gasteiger partial charge >= 0.3 is 0 Å². The molecule has 2 aliphatic heterocycles. The lowest BCUT2D eigenvalue weighted by Crippen LogP contribution is -2.43. The van der Waals surface area contributed by atoms with Gasteiger partial charge in [0.25, 0.3) is 5.91 Å². The number of anilines is 2. The number of fused-ring (bicyclic) bond motifs is 1. The normalized spacial score (nSPS) is 22.0. The van der Waals surface area contributed by atoms with Gasteiger partial charge in [0.05, 0.1) is 34.4 Å². The number of para-hydroxylation sites is 1. The number of carbonyl (C=O) groups is 1. The first kappa shape index (κ1) is 21.0. The van der Waals surface area contributed by atoms with Crippen LogP contribution in [0.5, 0.6) is 0 Å². The molecule has 166 valence electrons. The summed E-state index contributed by atoms with van der Waals surface area (Å²) in [5.41, 5.74) is 2.78. The van der Waals surface area contributed by atoms with Crippen LogP contribution in [0.1, 0.15) is 40.2 Å². The van der Waals surface area contributed by atoms with Gasteiger partial charge in [-0.15, -0.1) is 0 Å². The van der Waals surface area contributed by atoms with Crippen LogP contribution in [0.15, 0.2) is 48.5 Å². The first-order valence-electron chi connectivity index (χ1n) is 10.1. The van der Waals surface area contributed by atoms with Gasteiger partial charge in [-0.2, -0.15) is 5.10 Å². The number of aryl methyl sites for hydroxylation is 1. The first-order chi connectivity index (χ1) is 15.2. The maximum absolute atomic E-state index is 13.6. The van der Waals surface area contributed by atoms with Crippen LogP contribution in [0.25, 0.3) is 0 Å². The minimum absolute atomic E-state index is 0.0190. The maximum atomic E-state index is 13.6. The Bertz CT molecular complexity index is 1320. The molecule has 32 heavy (non-hydrogen) atoms. The molecule has 5 rings (SSSR count). The fourth-order valence-corrected chi connectivity index (χ4v) is 6.48. The quantitative estimate of drug-likeness (QED) is 0.617. The summed E-state index contributed by atoms with van der Waals surface area (Å²) in [5, 5.41) is 8.18. The Morgan fingerprint density at radius 1 is 1.16 bits per heavy atom. The summed E-state index contributed by atoms with van der Waals surface area (Å²) in [6.07, 6.45) is -0.272. The zero-order valence-corrected chi connectivity index (χ0v) is 18.7. The third-order valence-corrected chi connectivity index (χ3v) is 8.06. The highest BCUT2D eigenvalue weighted by Gasteiger charge is 2.39. The average molecular weight is 475 g/mol. The molecule has 3 heterocycles. The second-order valence-electron chi connectivity index (χ2n) is 8.04. The number of sulfone groups is 1. The lowest BCUT2D eigenvalue weighted by atomic mass is 10.0. The number of rotatable bonds is 3. The molecule has 1 N–H and O–H groups in total. The van der Waals surface area contributed by atoms with E-state index in [2.05, 4.69) is 10.4 Å². The molecule has 0 spiro atoms. The largest absolute Gasteiger partial charge is 0.360 e. The van der Waals surface area contributed by atoms with Gasteiger partial charge in [0.15, 0.2) is 9.84 Å². The zero-order valence-electron chi connectivity index (χ0n) is 17.1. The van der Waals surface area contributed by atoms with Crippen molar-refractivity contribution in [2.75, 3.05) is 21.7 Å². The lowest BCUT2D eigenvalue weighted by Gasteiger charge is -2.38. The van der Waals surface area contributed by atoms with Crippen molar-refractivity contribution >= 4 is 38.7 Å². The molecule has 1 aromatic heterocycles. The van der Waals surface area contributed by atoms with Crippen LogP contribution in [0.3, 0.4) is 0 Å². The van der Waals surface area contributed by atoms with E-state index >= 15 is 0 Å². The Labute approximate surface area is 189 Å². The van der Waals surface area contributed by atoms with Crippen LogP contribution in [0.4, 0.5) is 15.8 Å². The Morgan fingerprint density at radius 2 is 1.88 bits per heavy atom. The number of halogens is 2. The summed E-state index contributed by atoms with van der Waals surface area (Å²) >= 11 is 6.76. The topological polar surface area (TPSA) is 84.3 Å². The summed E-state index contributed by atoms with van der Waals surface area (Å²) in [7, 11) is -3.13. The summed E-state index contributed by atoms with van der Waals surface area (Å²) in [6, 6.07) is 12.4. The van der Waals surface area contributed by atoms with Crippen LogP contribution >= 0.6 is 11.6 Å². The average Bonchev–Trinajstić information content (AvgIpc) is 3.26. The van der Waals surface area contributed by atoms with Gasteiger partial charge in [-0.25, -0.2) is 17.5 Å². The van der Waals surface area contributed by atoms with E-state index < -0.39 is 21.8 Å². The highest BCUT2D eigenvalue weighted by atomic mass is 35.5. The SMILES string of the molecule is Cc1nn([C@@H]2CCS(=O)(=O)C2)c(Cl)c1[C@H]1Nc2ccccc2C(=O)N1c1ccc(F)cc1. The van der Waals surface area contributed by atoms with Gasteiger partial charge in [0, 0.05) is 11.4 Å². The molecule has 3 aromatic rings. The van der Waals surface area contributed by atoms with Crippen LogP contribution in [0, 0.1) is 12.7 Å². The molecule has 0 unspecified atom stereocenters. The maximum Gasteiger partial charge on any atom is 0.262 e. The number of benzene rings is 2. The van der Waals surface area contributed by atoms with E-state index in [-0.39, 0.29) is 28.6 Å².